The van der Waals surface area contributed by atoms with Gasteiger partial charge in [-0.2, -0.15) is 0 Å². The Bertz CT molecular complexity index is 485. The van der Waals surface area contributed by atoms with Crippen LogP contribution in [0.15, 0.2) is 12.1 Å². The summed E-state index contributed by atoms with van der Waals surface area (Å²) in [6.07, 6.45) is 4.03. The van der Waals surface area contributed by atoms with E-state index in [-0.39, 0.29) is 5.97 Å². The molecule has 1 aromatic carbocycles. The largest absolute Gasteiger partial charge is 0.496 e. The minimum Gasteiger partial charge on any atom is -0.496 e. The first-order valence-corrected chi connectivity index (χ1v) is 7.21. The van der Waals surface area contributed by atoms with Gasteiger partial charge in [0.25, 0.3) is 0 Å². The molecule has 0 unspecified atom stereocenters. The van der Waals surface area contributed by atoms with Crippen molar-refractivity contribution in [3.8, 4) is 5.75 Å². The highest BCUT2D eigenvalue weighted by Gasteiger charge is 2.26. The summed E-state index contributed by atoms with van der Waals surface area (Å²) in [6, 6.07) is 4.44. The van der Waals surface area contributed by atoms with Gasteiger partial charge in [-0.25, -0.2) is 4.79 Å². The molecule has 0 saturated carbocycles. The second-order valence-corrected chi connectivity index (χ2v) is 5.17. The summed E-state index contributed by atoms with van der Waals surface area (Å²) in [4.78, 5) is 12.0. The molecule has 0 radical (unpaired) electrons. The number of esters is 1. The Morgan fingerprint density at radius 1 is 1.40 bits per heavy atom. The first-order chi connectivity index (χ1) is 9.71. The molecule has 0 bridgehead atoms. The Kier molecular flexibility index (Phi) is 5.01. The molecule has 0 fully saturated rings. The van der Waals surface area contributed by atoms with Gasteiger partial charge in [0.1, 0.15) is 11.3 Å². The Morgan fingerprint density at radius 3 is 2.85 bits per heavy atom. The number of hydrogen-bond donors (Lipinski definition) is 1. The monoisotopic (exact) mass is 277 g/mol. The average Bonchev–Trinajstić information content (AvgIpc) is 2.50. The van der Waals surface area contributed by atoms with Crippen LogP contribution in [-0.4, -0.2) is 32.8 Å². The van der Waals surface area contributed by atoms with E-state index in [1.54, 1.807) is 7.11 Å². The molecule has 4 nitrogen and oxygen atoms in total. The molecule has 1 N–H and O–H groups in total. The molecule has 0 saturated heterocycles. The van der Waals surface area contributed by atoms with Crippen LogP contribution in [0.5, 0.6) is 5.75 Å². The molecule has 4 heteroatoms. The molecular weight excluding hydrogens is 254 g/mol. The van der Waals surface area contributed by atoms with Crippen LogP contribution in [0, 0.1) is 0 Å². The fraction of sp³-hybridized carbons (Fsp3) is 0.562. The number of rotatable bonds is 5. The topological polar surface area (TPSA) is 47.6 Å². The maximum atomic E-state index is 12.0. The van der Waals surface area contributed by atoms with Gasteiger partial charge in [-0.1, -0.05) is 13.0 Å². The Hall–Kier alpha value is -1.55. The SMILES string of the molecule is CCCN[C@H]1CCc2c(ccc(OC)c2C(=O)OC)C1. The van der Waals surface area contributed by atoms with Crippen molar-refractivity contribution in [3.05, 3.63) is 28.8 Å². The van der Waals surface area contributed by atoms with Crippen LogP contribution in [0.1, 0.15) is 41.3 Å². The van der Waals surface area contributed by atoms with E-state index in [9.17, 15) is 4.79 Å². The summed E-state index contributed by atoms with van der Waals surface area (Å²) in [5.74, 6) is 0.300. The summed E-state index contributed by atoms with van der Waals surface area (Å²) in [6.45, 7) is 3.21. The lowest BCUT2D eigenvalue weighted by Gasteiger charge is -2.27. The van der Waals surface area contributed by atoms with Crippen LogP contribution in [0.2, 0.25) is 0 Å². The van der Waals surface area contributed by atoms with Crippen molar-refractivity contribution in [1.82, 2.24) is 5.32 Å². The summed E-state index contributed by atoms with van der Waals surface area (Å²) < 4.78 is 10.2. The highest BCUT2D eigenvalue weighted by molar-refractivity contribution is 5.94. The normalized spacial score (nSPS) is 17.4. The van der Waals surface area contributed by atoms with Gasteiger partial charge in [0.15, 0.2) is 0 Å². The summed E-state index contributed by atoms with van der Waals surface area (Å²) in [5.41, 5.74) is 2.92. The van der Waals surface area contributed by atoms with E-state index < -0.39 is 0 Å². The van der Waals surface area contributed by atoms with Crippen molar-refractivity contribution in [2.24, 2.45) is 0 Å². The predicted molar refractivity (Wildman–Crippen MR) is 78.4 cm³/mol. The van der Waals surface area contributed by atoms with Crippen molar-refractivity contribution in [1.29, 1.82) is 0 Å². The standard InChI is InChI=1S/C16H23NO3/c1-4-9-17-12-6-7-13-11(10-12)5-8-14(19-2)15(13)16(18)20-3/h5,8,12,17H,4,6-7,9-10H2,1-3H3/t12-/m0/s1. The lowest BCUT2D eigenvalue weighted by molar-refractivity contribution is 0.0595. The van der Waals surface area contributed by atoms with Gasteiger partial charge in [0, 0.05) is 6.04 Å². The van der Waals surface area contributed by atoms with E-state index in [2.05, 4.69) is 18.3 Å². The molecule has 20 heavy (non-hydrogen) atoms. The second-order valence-electron chi connectivity index (χ2n) is 5.17. The first-order valence-electron chi connectivity index (χ1n) is 7.21. The van der Waals surface area contributed by atoms with Crippen molar-refractivity contribution >= 4 is 5.97 Å². The molecule has 0 aromatic heterocycles. The third-order valence-corrected chi connectivity index (χ3v) is 3.87. The molecule has 2 rings (SSSR count). The molecule has 0 amide bonds. The fourth-order valence-electron chi connectivity index (χ4n) is 2.85. The number of hydrogen-bond acceptors (Lipinski definition) is 4. The molecular formula is C16H23NO3. The smallest absolute Gasteiger partial charge is 0.341 e. The summed E-state index contributed by atoms with van der Waals surface area (Å²) in [7, 11) is 3.00. The van der Waals surface area contributed by atoms with Crippen LogP contribution >= 0.6 is 0 Å². The van der Waals surface area contributed by atoms with Crippen LogP contribution in [0.4, 0.5) is 0 Å². The quantitative estimate of drug-likeness (QED) is 0.839. The molecule has 1 atom stereocenters. The Labute approximate surface area is 120 Å². The zero-order chi connectivity index (χ0) is 14.5. The van der Waals surface area contributed by atoms with Crippen LogP contribution in [0.25, 0.3) is 0 Å². The lowest BCUT2D eigenvalue weighted by atomic mass is 9.85. The van der Waals surface area contributed by atoms with Crippen LogP contribution in [0.3, 0.4) is 0 Å². The molecule has 1 aliphatic carbocycles. The van der Waals surface area contributed by atoms with Crippen LogP contribution < -0.4 is 10.1 Å². The average molecular weight is 277 g/mol. The van der Waals surface area contributed by atoms with Gasteiger partial charge in [-0.05, 0) is 49.4 Å². The zero-order valence-electron chi connectivity index (χ0n) is 12.5. The number of ether oxygens (including phenoxy) is 2. The van der Waals surface area contributed by atoms with E-state index in [0.717, 1.165) is 37.8 Å². The number of fused-ring (bicyclic) bond motifs is 1. The van der Waals surface area contributed by atoms with Crippen molar-refractivity contribution in [2.45, 2.75) is 38.6 Å². The molecule has 0 aliphatic heterocycles. The van der Waals surface area contributed by atoms with Gasteiger partial charge in [-0.15, -0.1) is 0 Å². The maximum Gasteiger partial charge on any atom is 0.341 e. The van der Waals surface area contributed by atoms with Gasteiger partial charge in [0.2, 0.25) is 0 Å². The third kappa shape index (κ3) is 2.96. The van der Waals surface area contributed by atoms with Gasteiger partial charge in [0.05, 0.1) is 14.2 Å². The number of carbonyl (C=O) groups is 1. The fourth-order valence-corrected chi connectivity index (χ4v) is 2.85. The maximum absolute atomic E-state index is 12.0. The highest BCUT2D eigenvalue weighted by Crippen LogP contribution is 2.31. The van der Waals surface area contributed by atoms with Crippen molar-refractivity contribution < 1.29 is 14.3 Å². The Morgan fingerprint density at radius 2 is 2.20 bits per heavy atom. The third-order valence-electron chi connectivity index (χ3n) is 3.87. The number of methoxy groups -OCH3 is 2. The predicted octanol–water partition coefficient (Wildman–Crippen LogP) is 2.34. The molecule has 0 heterocycles. The van der Waals surface area contributed by atoms with Gasteiger partial charge < -0.3 is 14.8 Å². The van der Waals surface area contributed by atoms with E-state index in [1.165, 1.54) is 12.7 Å². The van der Waals surface area contributed by atoms with E-state index in [4.69, 9.17) is 9.47 Å². The number of benzene rings is 1. The first kappa shape index (κ1) is 14.9. The zero-order valence-corrected chi connectivity index (χ0v) is 12.5. The molecule has 110 valence electrons. The molecule has 1 aromatic rings. The minimum atomic E-state index is -0.307. The second kappa shape index (κ2) is 6.75. The van der Waals surface area contributed by atoms with E-state index in [0.29, 0.717) is 17.4 Å². The van der Waals surface area contributed by atoms with Crippen molar-refractivity contribution in [3.63, 3.8) is 0 Å². The highest BCUT2D eigenvalue weighted by atomic mass is 16.5. The van der Waals surface area contributed by atoms with E-state index >= 15 is 0 Å². The minimum absolute atomic E-state index is 0.307. The Balaban J connectivity index is 2.29. The summed E-state index contributed by atoms with van der Waals surface area (Å²) in [5, 5.41) is 3.56. The van der Waals surface area contributed by atoms with Gasteiger partial charge in [-0.3, -0.25) is 0 Å². The van der Waals surface area contributed by atoms with Crippen LogP contribution in [-0.2, 0) is 17.6 Å². The summed E-state index contributed by atoms with van der Waals surface area (Å²) >= 11 is 0. The van der Waals surface area contributed by atoms with Gasteiger partial charge >= 0.3 is 5.97 Å². The lowest BCUT2D eigenvalue weighted by Crippen LogP contribution is -2.35. The molecule has 1 aliphatic rings. The number of carbonyl (C=O) groups excluding carboxylic acids is 1. The number of nitrogens with one attached hydrogen (secondary N) is 1. The van der Waals surface area contributed by atoms with Crippen molar-refractivity contribution in [2.75, 3.05) is 20.8 Å². The van der Waals surface area contributed by atoms with E-state index in [1.807, 2.05) is 6.07 Å². The molecule has 0 spiro atoms.